The summed E-state index contributed by atoms with van der Waals surface area (Å²) in [5.41, 5.74) is 7.04. The third-order valence-corrected chi connectivity index (χ3v) is 5.55. The molecule has 0 saturated carbocycles. The van der Waals surface area contributed by atoms with Gasteiger partial charge in [0.2, 0.25) is 0 Å². The smallest absolute Gasteiger partial charge is 0.337 e. The standard InChI is InChI=1S/C12H16N2O2S2/c13-11-5-8(1-2-10(11)12(15)16)14-6-9-7-17-3-4-18-9/h1-2,5,9,14H,3-4,6-7,13H2,(H,15,16). The molecule has 1 aliphatic heterocycles. The van der Waals surface area contributed by atoms with Gasteiger partial charge < -0.3 is 16.2 Å². The Kier molecular flexibility index (Phi) is 4.66. The van der Waals surface area contributed by atoms with E-state index in [4.69, 9.17) is 10.8 Å². The maximum Gasteiger partial charge on any atom is 0.337 e. The molecule has 1 atom stereocenters. The number of rotatable bonds is 4. The summed E-state index contributed by atoms with van der Waals surface area (Å²) < 4.78 is 0. The van der Waals surface area contributed by atoms with Crippen LogP contribution in [0.2, 0.25) is 0 Å². The maximum atomic E-state index is 10.8. The van der Waals surface area contributed by atoms with E-state index in [1.165, 1.54) is 17.3 Å². The van der Waals surface area contributed by atoms with Gasteiger partial charge in [0, 0.05) is 40.4 Å². The average molecular weight is 284 g/mol. The van der Waals surface area contributed by atoms with Crippen LogP contribution in [0.4, 0.5) is 11.4 Å². The molecule has 4 nitrogen and oxygen atoms in total. The Bertz CT molecular complexity index is 434. The molecule has 98 valence electrons. The molecule has 1 fully saturated rings. The van der Waals surface area contributed by atoms with E-state index in [1.807, 2.05) is 23.5 Å². The Morgan fingerprint density at radius 3 is 2.94 bits per heavy atom. The van der Waals surface area contributed by atoms with Crippen molar-refractivity contribution in [3.8, 4) is 0 Å². The van der Waals surface area contributed by atoms with Crippen molar-refractivity contribution in [1.29, 1.82) is 0 Å². The zero-order chi connectivity index (χ0) is 13.0. The van der Waals surface area contributed by atoms with Crippen LogP contribution in [0.3, 0.4) is 0 Å². The number of carboxylic acid groups (broad SMARTS) is 1. The minimum atomic E-state index is -0.988. The summed E-state index contributed by atoms with van der Waals surface area (Å²) in [6, 6.07) is 4.99. The van der Waals surface area contributed by atoms with E-state index < -0.39 is 5.97 Å². The number of hydrogen-bond acceptors (Lipinski definition) is 5. The lowest BCUT2D eigenvalue weighted by Crippen LogP contribution is -2.23. The van der Waals surface area contributed by atoms with Gasteiger partial charge in [-0.1, -0.05) is 0 Å². The lowest BCUT2D eigenvalue weighted by atomic mass is 10.1. The van der Waals surface area contributed by atoms with Crippen LogP contribution in [0.1, 0.15) is 10.4 Å². The van der Waals surface area contributed by atoms with Crippen LogP contribution in [0.5, 0.6) is 0 Å². The predicted molar refractivity (Wildman–Crippen MR) is 79.9 cm³/mol. The van der Waals surface area contributed by atoms with Crippen molar-refractivity contribution in [3.05, 3.63) is 23.8 Å². The first-order valence-electron chi connectivity index (χ1n) is 5.73. The molecule has 1 unspecified atom stereocenters. The molecule has 0 radical (unpaired) electrons. The van der Waals surface area contributed by atoms with Crippen LogP contribution in [0, 0.1) is 0 Å². The van der Waals surface area contributed by atoms with E-state index in [0.29, 0.717) is 10.9 Å². The molecule has 18 heavy (non-hydrogen) atoms. The molecular formula is C12H16N2O2S2. The number of benzene rings is 1. The van der Waals surface area contributed by atoms with Gasteiger partial charge in [0.1, 0.15) is 0 Å². The van der Waals surface area contributed by atoms with E-state index in [1.54, 1.807) is 18.2 Å². The lowest BCUT2D eigenvalue weighted by molar-refractivity contribution is 0.0698. The molecule has 0 amide bonds. The van der Waals surface area contributed by atoms with Crippen LogP contribution in [0.25, 0.3) is 0 Å². The number of nitrogens with one attached hydrogen (secondary N) is 1. The number of aromatic carboxylic acids is 1. The number of anilines is 2. The lowest BCUT2D eigenvalue weighted by Gasteiger charge is -2.21. The third-order valence-electron chi connectivity index (χ3n) is 2.70. The topological polar surface area (TPSA) is 75.3 Å². The molecule has 6 heteroatoms. The predicted octanol–water partition coefficient (Wildman–Crippen LogP) is 2.23. The zero-order valence-corrected chi connectivity index (χ0v) is 11.5. The molecule has 1 aromatic rings. The quantitative estimate of drug-likeness (QED) is 0.736. The first-order chi connectivity index (χ1) is 8.66. The first-order valence-corrected chi connectivity index (χ1v) is 7.93. The number of hydrogen-bond donors (Lipinski definition) is 3. The van der Waals surface area contributed by atoms with Gasteiger partial charge >= 0.3 is 5.97 Å². The normalized spacial score (nSPS) is 19.4. The molecule has 2 rings (SSSR count). The van der Waals surface area contributed by atoms with Crippen molar-refractivity contribution >= 4 is 40.9 Å². The molecule has 4 N–H and O–H groups in total. The van der Waals surface area contributed by atoms with Crippen molar-refractivity contribution in [2.75, 3.05) is 34.9 Å². The highest BCUT2D eigenvalue weighted by Gasteiger charge is 2.14. The Morgan fingerprint density at radius 1 is 1.50 bits per heavy atom. The van der Waals surface area contributed by atoms with Crippen LogP contribution in [-0.4, -0.2) is 40.1 Å². The summed E-state index contributed by atoms with van der Waals surface area (Å²) in [6.45, 7) is 0.892. The third kappa shape index (κ3) is 3.49. The largest absolute Gasteiger partial charge is 0.478 e. The Hall–Kier alpha value is -1.01. The Labute approximate surface area is 115 Å². The minimum Gasteiger partial charge on any atom is -0.478 e. The molecule has 0 spiro atoms. The van der Waals surface area contributed by atoms with E-state index in [0.717, 1.165) is 12.2 Å². The second-order valence-corrected chi connectivity index (χ2v) is 6.61. The number of thioether (sulfide) groups is 2. The Balaban J connectivity index is 1.93. The van der Waals surface area contributed by atoms with Gasteiger partial charge in [-0.3, -0.25) is 0 Å². The highest BCUT2D eigenvalue weighted by Crippen LogP contribution is 2.25. The van der Waals surface area contributed by atoms with Crippen LogP contribution < -0.4 is 11.1 Å². The van der Waals surface area contributed by atoms with Crippen molar-refractivity contribution in [2.24, 2.45) is 0 Å². The summed E-state index contributed by atoms with van der Waals surface area (Å²) >= 11 is 3.97. The van der Waals surface area contributed by atoms with E-state index in [2.05, 4.69) is 5.32 Å². The second kappa shape index (κ2) is 6.24. The fourth-order valence-corrected chi connectivity index (χ4v) is 4.37. The zero-order valence-electron chi connectivity index (χ0n) is 9.89. The molecule has 0 bridgehead atoms. The van der Waals surface area contributed by atoms with Crippen LogP contribution >= 0.6 is 23.5 Å². The number of carbonyl (C=O) groups is 1. The average Bonchev–Trinajstić information content (AvgIpc) is 2.37. The molecule has 1 saturated heterocycles. The summed E-state index contributed by atoms with van der Waals surface area (Å²) in [6.07, 6.45) is 0. The summed E-state index contributed by atoms with van der Waals surface area (Å²) in [7, 11) is 0. The minimum absolute atomic E-state index is 0.156. The van der Waals surface area contributed by atoms with Crippen LogP contribution in [-0.2, 0) is 0 Å². The van der Waals surface area contributed by atoms with Crippen molar-refractivity contribution in [2.45, 2.75) is 5.25 Å². The second-order valence-electron chi connectivity index (χ2n) is 4.06. The van der Waals surface area contributed by atoms with Crippen molar-refractivity contribution in [3.63, 3.8) is 0 Å². The summed E-state index contributed by atoms with van der Waals surface area (Å²) in [4.78, 5) is 10.8. The summed E-state index contributed by atoms with van der Waals surface area (Å²) in [5, 5.41) is 12.8. The molecular weight excluding hydrogens is 268 g/mol. The Morgan fingerprint density at radius 2 is 2.33 bits per heavy atom. The first kappa shape index (κ1) is 13.4. The van der Waals surface area contributed by atoms with Gasteiger partial charge in [-0.15, -0.1) is 0 Å². The van der Waals surface area contributed by atoms with Gasteiger partial charge in [0.15, 0.2) is 0 Å². The van der Waals surface area contributed by atoms with E-state index in [9.17, 15) is 4.79 Å². The van der Waals surface area contributed by atoms with E-state index in [-0.39, 0.29) is 5.56 Å². The number of nitrogen functional groups attached to an aromatic ring is 1. The van der Waals surface area contributed by atoms with Gasteiger partial charge in [-0.2, -0.15) is 23.5 Å². The molecule has 0 aromatic heterocycles. The molecule has 1 aliphatic rings. The molecule has 0 aliphatic carbocycles. The fourth-order valence-electron chi connectivity index (χ4n) is 1.75. The highest BCUT2D eigenvalue weighted by atomic mass is 32.2. The maximum absolute atomic E-state index is 10.8. The molecule has 1 heterocycles. The number of nitrogens with two attached hydrogens (primary N) is 1. The SMILES string of the molecule is Nc1cc(NCC2CSCCS2)ccc1C(=O)O. The van der Waals surface area contributed by atoms with Gasteiger partial charge in [0.05, 0.1) is 5.56 Å². The van der Waals surface area contributed by atoms with Gasteiger partial charge in [0.25, 0.3) is 0 Å². The van der Waals surface area contributed by atoms with Crippen molar-refractivity contribution < 1.29 is 9.90 Å². The van der Waals surface area contributed by atoms with Gasteiger partial charge in [-0.05, 0) is 18.2 Å². The fraction of sp³-hybridized carbons (Fsp3) is 0.417. The summed E-state index contributed by atoms with van der Waals surface area (Å²) in [5.74, 6) is 2.62. The van der Waals surface area contributed by atoms with Gasteiger partial charge in [-0.25, -0.2) is 4.79 Å². The van der Waals surface area contributed by atoms with Crippen molar-refractivity contribution in [1.82, 2.24) is 0 Å². The monoisotopic (exact) mass is 284 g/mol. The van der Waals surface area contributed by atoms with Crippen LogP contribution in [0.15, 0.2) is 18.2 Å². The van der Waals surface area contributed by atoms with E-state index >= 15 is 0 Å². The number of carboxylic acids is 1. The molecule has 1 aromatic carbocycles. The highest BCUT2D eigenvalue weighted by molar-refractivity contribution is 8.06.